The Balaban J connectivity index is 2.31. The van der Waals surface area contributed by atoms with Crippen LogP contribution in [0.15, 0.2) is 18.2 Å². The Kier molecular flexibility index (Phi) is 5.00. The fraction of sp³-hybridized carbons (Fsp3) is 0.467. The molecule has 136 valence electrons. The summed E-state index contributed by atoms with van der Waals surface area (Å²) in [5, 5.41) is 20.2. The molecule has 1 N–H and O–H groups in total. The van der Waals surface area contributed by atoms with Crippen molar-refractivity contribution >= 4 is 17.6 Å². The first-order chi connectivity index (χ1) is 11.5. The van der Waals surface area contributed by atoms with Gasteiger partial charge in [0, 0.05) is 19.2 Å². The number of hydrogen-bond acceptors (Lipinski definition) is 4. The number of carboxylic acids is 1. The number of carbonyl (C=O) groups is 2. The van der Waals surface area contributed by atoms with Crippen LogP contribution in [0, 0.1) is 22.0 Å². The number of nitrogens with zero attached hydrogens (tertiary/aromatic N) is 2. The molecule has 0 saturated carbocycles. The van der Waals surface area contributed by atoms with Crippen molar-refractivity contribution in [3.63, 3.8) is 0 Å². The molecule has 1 amide bonds. The second-order valence-electron chi connectivity index (χ2n) is 5.95. The van der Waals surface area contributed by atoms with Crippen molar-refractivity contribution in [2.24, 2.45) is 11.8 Å². The van der Waals surface area contributed by atoms with Gasteiger partial charge in [0.25, 0.3) is 11.6 Å². The van der Waals surface area contributed by atoms with Crippen molar-refractivity contribution in [1.82, 2.24) is 4.90 Å². The second kappa shape index (κ2) is 6.69. The van der Waals surface area contributed by atoms with E-state index >= 15 is 0 Å². The third-order valence-electron chi connectivity index (χ3n) is 4.26. The number of benzene rings is 1. The van der Waals surface area contributed by atoms with E-state index in [4.69, 9.17) is 5.11 Å². The van der Waals surface area contributed by atoms with Crippen molar-refractivity contribution in [2.45, 2.75) is 19.5 Å². The molecule has 1 aromatic rings. The Hall–Kier alpha value is -2.65. The maximum absolute atomic E-state index is 12.7. The molecule has 0 radical (unpaired) electrons. The van der Waals surface area contributed by atoms with Crippen molar-refractivity contribution in [1.29, 1.82) is 0 Å². The minimum atomic E-state index is -4.76. The SMILES string of the molecule is CC1CN(C(=O)c2ccc(C(F)(F)F)cc2[N+](=O)[O-])CCC1C(=O)O. The molecule has 1 aliphatic rings. The molecule has 1 aromatic carbocycles. The number of hydrogen-bond donors (Lipinski definition) is 1. The summed E-state index contributed by atoms with van der Waals surface area (Å²) < 4.78 is 38.1. The molecule has 1 fully saturated rings. The summed E-state index contributed by atoms with van der Waals surface area (Å²) in [5.74, 6) is -2.77. The zero-order chi connectivity index (χ0) is 18.9. The van der Waals surface area contributed by atoms with E-state index in [1.807, 2.05) is 0 Å². The number of carboxylic acid groups (broad SMARTS) is 1. The molecule has 10 heteroatoms. The van der Waals surface area contributed by atoms with E-state index in [-0.39, 0.29) is 25.4 Å². The third kappa shape index (κ3) is 3.89. The molecule has 2 unspecified atom stereocenters. The van der Waals surface area contributed by atoms with Gasteiger partial charge in [-0.2, -0.15) is 13.2 Å². The number of aliphatic carboxylic acids is 1. The standard InChI is InChI=1S/C15H15F3N2O5/c1-8-7-19(5-4-10(8)14(22)23)13(21)11-3-2-9(15(16,17)18)6-12(11)20(24)25/h2-3,6,8,10H,4-5,7H2,1H3,(H,22,23). The van der Waals surface area contributed by atoms with Gasteiger partial charge in [0.05, 0.1) is 16.4 Å². The lowest BCUT2D eigenvalue weighted by atomic mass is 9.86. The van der Waals surface area contributed by atoms with Gasteiger partial charge in [-0.1, -0.05) is 6.92 Å². The number of likely N-dealkylation sites (tertiary alicyclic amines) is 1. The highest BCUT2D eigenvalue weighted by Gasteiger charge is 2.37. The first-order valence-corrected chi connectivity index (χ1v) is 7.40. The Morgan fingerprint density at radius 1 is 1.36 bits per heavy atom. The minimum Gasteiger partial charge on any atom is -0.481 e. The summed E-state index contributed by atoms with van der Waals surface area (Å²) in [6.45, 7) is 1.77. The number of piperidine rings is 1. The van der Waals surface area contributed by atoms with Gasteiger partial charge < -0.3 is 10.0 Å². The van der Waals surface area contributed by atoms with Crippen LogP contribution >= 0.6 is 0 Å². The molecular formula is C15H15F3N2O5. The van der Waals surface area contributed by atoms with E-state index in [9.17, 15) is 32.9 Å². The predicted molar refractivity (Wildman–Crippen MR) is 78.9 cm³/mol. The van der Waals surface area contributed by atoms with Gasteiger partial charge in [-0.3, -0.25) is 19.7 Å². The Bertz CT molecular complexity index is 720. The minimum absolute atomic E-state index is 0.0635. The highest BCUT2D eigenvalue weighted by Crippen LogP contribution is 2.34. The quantitative estimate of drug-likeness (QED) is 0.660. The molecule has 1 heterocycles. The number of nitro groups is 1. The van der Waals surface area contributed by atoms with Crippen LogP contribution in [0.5, 0.6) is 0 Å². The van der Waals surface area contributed by atoms with E-state index < -0.39 is 45.7 Å². The largest absolute Gasteiger partial charge is 0.481 e. The lowest BCUT2D eigenvalue weighted by molar-refractivity contribution is -0.385. The van der Waals surface area contributed by atoms with Gasteiger partial charge in [-0.15, -0.1) is 0 Å². The Morgan fingerprint density at radius 3 is 2.48 bits per heavy atom. The van der Waals surface area contributed by atoms with Crippen molar-refractivity contribution in [3.8, 4) is 0 Å². The molecule has 0 bridgehead atoms. The van der Waals surface area contributed by atoms with Gasteiger partial charge in [-0.25, -0.2) is 0 Å². The van der Waals surface area contributed by atoms with Crippen LogP contribution in [0.3, 0.4) is 0 Å². The van der Waals surface area contributed by atoms with Crippen LogP contribution in [0.2, 0.25) is 0 Å². The molecule has 0 aromatic heterocycles. The monoisotopic (exact) mass is 360 g/mol. The number of carbonyl (C=O) groups excluding carboxylic acids is 1. The fourth-order valence-electron chi connectivity index (χ4n) is 2.91. The fourth-order valence-corrected chi connectivity index (χ4v) is 2.91. The Morgan fingerprint density at radius 2 is 2.00 bits per heavy atom. The number of nitro benzene ring substituents is 1. The van der Waals surface area contributed by atoms with Crippen LogP contribution in [0.1, 0.15) is 29.3 Å². The zero-order valence-corrected chi connectivity index (χ0v) is 13.1. The molecule has 1 saturated heterocycles. The highest BCUT2D eigenvalue weighted by atomic mass is 19.4. The highest BCUT2D eigenvalue weighted by molar-refractivity contribution is 5.98. The number of amides is 1. The zero-order valence-electron chi connectivity index (χ0n) is 13.1. The number of rotatable bonds is 3. The average Bonchev–Trinajstić information content (AvgIpc) is 2.52. The smallest absolute Gasteiger partial charge is 0.416 e. The van der Waals surface area contributed by atoms with Gasteiger partial charge in [0.1, 0.15) is 5.56 Å². The molecular weight excluding hydrogens is 345 g/mol. The van der Waals surface area contributed by atoms with E-state index in [0.717, 1.165) is 6.07 Å². The average molecular weight is 360 g/mol. The molecule has 25 heavy (non-hydrogen) atoms. The molecule has 2 rings (SSSR count). The van der Waals surface area contributed by atoms with Crippen LogP contribution < -0.4 is 0 Å². The summed E-state index contributed by atoms with van der Waals surface area (Å²) in [6, 6.07) is 1.74. The van der Waals surface area contributed by atoms with Crippen LogP contribution in [0.4, 0.5) is 18.9 Å². The van der Waals surface area contributed by atoms with Gasteiger partial charge in [0.15, 0.2) is 0 Å². The molecule has 1 aliphatic heterocycles. The van der Waals surface area contributed by atoms with E-state index in [1.54, 1.807) is 6.92 Å². The van der Waals surface area contributed by atoms with Gasteiger partial charge in [0.2, 0.25) is 0 Å². The maximum atomic E-state index is 12.7. The summed E-state index contributed by atoms with van der Waals surface area (Å²) in [5.41, 5.74) is -2.58. The first-order valence-electron chi connectivity index (χ1n) is 7.40. The van der Waals surface area contributed by atoms with Crippen molar-refractivity contribution in [3.05, 3.63) is 39.4 Å². The van der Waals surface area contributed by atoms with E-state index in [2.05, 4.69) is 0 Å². The molecule has 7 nitrogen and oxygen atoms in total. The molecule has 0 aliphatic carbocycles. The van der Waals surface area contributed by atoms with Crippen LogP contribution in [0.25, 0.3) is 0 Å². The summed E-state index contributed by atoms with van der Waals surface area (Å²) in [4.78, 5) is 34.9. The summed E-state index contributed by atoms with van der Waals surface area (Å²) in [7, 11) is 0. The lowest BCUT2D eigenvalue weighted by Crippen LogP contribution is -2.45. The predicted octanol–water partition coefficient (Wildman–Crippen LogP) is 2.80. The second-order valence-corrected chi connectivity index (χ2v) is 5.95. The number of alkyl halides is 3. The van der Waals surface area contributed by atoms with E-state index in [0.29, 0.717) is 12.1 Å². The van der Waals surface area contributed by atoms with E-state index in [1.165, 1.54) is 4.90 Å². The lowest BCUT2D eigenvalue weighted by Gasteiger charge is -2.34. The molecule has 0 spiro atoms. The summed E-state index contributed by atoms with van der Waals surface area (Å²) >= 11 is 0. The molecule has 2 atom stereocenters. The van der Waals surface area contributed by atoms with Crippen LogP contribution in [-0.4, -0.2) is 39.9 Å². The van der Waals surface area contributed by atoms with Gasteiger partial charge in [-0.05, 0) is 24.5 Å². The van der Waals surface area contributed by atoms with Crippen molar-refractivity contribution < 1.29 is 32.8 Å². The van der Waals surface area contributed by atoms with Crippen LogP contribution in [-0.2, 0) is 11.0 Å². The summed E-state index contributed by atoms with van der Waals surface area (Å²) in [6.07, 6.45) is -4.59. The first kappa shape index (κ1) is 18.7. The number of halogens is 3. The van der Waals surface area contributed by atoms with Gasteiger partial charge >= 0.3 is 12.1 Å². The normalized spacial score (nSPS) is 21.0. The van der Waals surface area contributed by atoms with Crippen molar-refractivity contribution in [2.75, 3.05) is 13.1 Å². The third-order valence-corrected chi connectivity index (χ3v) is 4.26. The topological polar surface area (TPSA) is 101 Å². The Labute approximate surface area is 140 Å². The maximum Gasteiger partial charge on any atom is 0.416 e.